The molecule has 0 spiro atoms. The SMILES string of the molecule is Cc1cc(C)n(CCCCC(C)(O)CN)n1. The first-order valence-corrected chi connectivity index (χ1v) is 5.88. The van der Waals surface area contributed by atoms with Crippen LogP contribution in [-0.4, -0.2) is 27.0 Å². The van der Waals surface area contributed by atoms with Crippen LogP contribution in [0.2, 0.25) is 0 Å². The maximum Gasteiger partial charge on any atom is 0.0741 e. The molecule has 4 heteroatoms. The highest BCUT2D eigenvalue weighted by molar-refractivity contribution is 5.06. The molecule has 92 valence electrons. The molecule has 0 amide bonds. The Morgan fingerprint density at radius 2 is 2.12 bits per heavy atom. The van der Waals surface area contributed by atoms with Crippen LogP contribution in [0.25, 0.3) is 0 Å². The zero-order valence-electron chi connectivity index (χ0n) is 10.5. The number of nitrogens with zero attached hydrogens (tertiary/aromatic N) is 2. The average Bonchev–Trinajstić information content (AvgIpc) is 2.52. The lowest BCUT2D eigenvalue weighted by atomic mass is 9.99. The van der Waals surface area contributed by atoms with Crippen molar-refractivity contribution >= 4 is 0 Å². The van der Waals surface area contributed by atoms with Crippen LogP contribution in [0, 0.1) is 13.8 Å². The van der Waals surface area contributed by atoms with E-state index < -0.39 is 5.60 Å². The number of aromatic nitrogens is 2. The van der Waals surface area contributed by atoms with Gasteiger partial charge in [0.25, 0.3) is 0 Å². The van der Waals surface area contributed by atoms with Crippen molar-refractivity contribution < 1.29 is 5.11 Å². The van der Waals surface area contributed by atoms with Crippen LogP contribution < -0.4 is 5.73 Å². The highest BCUT2D eigenvalue weighted by atomic mass is 16.3. The second-order valence-corrected chi connectivity index (χ2v) is 4.81. The molecular formula is C12H23N3O. The van der Waals surface area contributed by atoms with Crippen molar-refractivity contribution in [2.24, 2.45) is 5.73 Å². The van der Waals surface area contributed by atoms with Crippen molar-refractivity contribution in [3.8, 4) is 0 Å². The van der Waals surface area contributed by atoms with Gasteiger partial charge in [-0.15, -0.1) is 0 Å². The summed E-state index contributed by atoms with van der Waals surface area (Å²) in [6.45, 7) is 7.10. The quantitative estimate of drug-likeness (QED) is 0.719. The molecule has 0 aromatic carbocycles. The normalized spacial score (nSPS) is 15.1. The fourth-order valence-corrected chi connectivity index (χ4v) is 1.77. The molecule has 0 saturated carbocycles. The molecule has 1 atom stereocenters. The van der Waals surface area contributed by atoms with Gasteiger partial charge >= 0.3 is 0 Å². The molecular weight excluding hydrogens is 202 g/mol. The number of hydrogen-bond donors (Lipinski definition) is 2. The van der Waals surface area contributed by atoms with E-state index in [0.717, 1.165) is 31.5 Å². The third kappa shape index (κ3) is 3.94. The second-order valence-electron chi connectivity index (χ2n) is 4.81. The number of aliphatic hydroxyl groups is 1. The van der Waals surface area contributed by atoms with Crippen molar-refractivity contribution in [1.82, 2.24) is 9.78 Å². The van der Waals surface area contributed by atoms with Gasteiger partial charge in [-0.25, -0.2) is 0 Å². The number of nitrogens with two attached hydrogens (primary N) is 1. The van der Waals surface area contributed by atoms with E-state index >= 15 is 0 Å². The Bertz CT molecular complexity index is 331. The van der Waals surface area contributed by atoms with Crippen molar-refractivity contribution in [3.05, 3.63) is 17.5 Å². The van der Waals surface area contributed by atoms with Crippen LogP contribution in [0.15, 0.2) is 6.07 Å². The van der Waals surface area contributed by atoms with Crippen molar-refractivity contribution in [3.63, 3.8) is 0 Å². The number of aryl methyl sites for hydroxylation is 3. The minimum absolute atomic E-state index is 0.326. The first kappa shape index (κ1) is 13.2. The zero-order valence-corrected chi connectivity index (χ0v) is 10.5. The molecule has 0 fully saturated rings. The molecule has 0 radical (unpaired) electrons. The molecule has 1 aromatic rings. The van der Waals surface area contributed by atoms with Crippen LogP contribution in [0.4, 0.5) is 0 Å². The van der Waals surface area contributed by atoms with Crippen molar-refractivity contribution in [2.45, 2.75) is 52.2 Å². The van der Waals surface area contributed by atoms with Crippen LogP contribution in [0.1, 0.15) is 37.6 Å². The van der Waals surface area contributed by atoms with Crippen LogP contribution in [-0.2, 0) is 6.54 Å². The Hall–Kier alpha value is -0.870. The second kappa shape index (κ2) is 5.46. The average molecular weight is 225 g/mol. The fraction of sp³-hybridized carbons (Fsp3) is 0.750. The standard InChI is InChI=1S/C12H23N3O/c1-10-8-11(2)15(14-10)7-5-4-6-12(3,16)9-13/h8,16H,4-7,9,13H2,1-3H3. The van der Waals surface area contributed by atoms with Gasteiger partial charge in [0.1, 0.15) is 0 Å². The number of rotatable bonds is 6. The van der Waals surface area contributed by atoms with Gasteiger partial charge in [0.05, 0.1) is 11.3 Å². The fourth-order valence-electron chi connectivity index (χ4n) is 1.77. The highest BCUT2D eigenvalue weighted by Crippen LogP contribution is 2.12. The molecule has 0 aliphatic rings. The molecule has 16 heavy (non-hydrogen) atoms. The van der Waals surface area contributed by atoms with E-state index in [1.165, 1.54) is 5.69 Å². The lowest BCUT2D eigenvalue weighted by molar-refractivity contribution is 0.0569. The minimum atomic E-state index is -0.713. The van der Waals surface area contributed by atoms with E-state index in [-0.39, 0.29) is 0 Å². The summed E-state index contributed by atoms with van der Waals surface area (Å²) in [5.41, 5.74) is 7.01. The minimum Gasteiger partial charge on any atom is -0.389 e. The van der Waals surface area contributed by atoms with Gasteiger partial charge in [-0.3, -0.25) is 4.68 Å². The van der Waals surface area contributed by atoms with E-state index in [0.29, 0.717) is 6.54 Å². The topological polar surface area (TPSA) is 64.1 Å². The summed E-state index contributed by atoms with van der Waals surface area (Å²) in [4.78, 5) is 0. The van der Waals surface area contributed by atoms with E-state index in [1.807, 2.05) is 11.6 Å². The van der Waals surface area contributed by atoms with Gasteiger partial charge in [0, 0.05) is 18.8 Å². The lowest BCUT2D eigenvalue weighted by Gasteiger charge is -2.20. The molecule has 1 rings (SSSR count). The maximum absolute atomic E-state index is 9.73. The van der Waals surface area contributed by atoms with E-state index in [2.05, 4.69) is 18.1 Å². The molecule has 1 heterocycles. The first-order valence-electron chi connectivity index (χ1n) is 5.88. The lowest BCUT2D eigenvalue weighted by Crippen LogP contribution is -2.33. The largest absolute Gasteiger partial charge is 0.389 e. The summed E-state index contributed by atoms with van der Waals surface area (Å²) in [6.07, 6.45) is 2.75. The molecule has 0 bridgehead atoms. The smallest absolute Gasteiger partial charge is 0.0741 e. The van der Waals surface area contributed by atoms with Crippen LogP contribution in [0.3, 0.4) is 0 Å². The zero-order chi connectivity index (χ0) is 12.2. The van der Waals surface area contributed by atoms with E-state index in [9.17, 15) is 5.11 Å². The van der Waals surface area contributed by atoms with Gasteiger partial charge in [-0.2, -0.15) is 5.10 Å². The summed E-state index contributed by atoms with van der Waals surface area (Å²) in [5, 5.41) is 14.1. The highest BCUT2D eigenvalue weighted by Gasteiger charge is 2.16. The van der Waals surface area contributed by atoms with E-state index in [1.54, 1.807) is 6.92 Å². The molecule has 0 saturated heterocycles. The van der Waals surface area contributed by atoms with Crippen molar-refractivity contribution in [2.75, 3.05) is 6.54 Å². The third-order valence-corrected chi connectivity index (χ3v) is 2.88. The van der Waals surface area contributed by atoms with Gasteiger partial charge in [-0.1, -0.05) is 0 Å². The summed E-state index contributed by atoms with van der Waals surface area (Å²) in [6, 6.07) is 2.08. The Labute approximate surface area is 97.5 Å². The van der Waals surface area contributed by atoms with Gasteiger partial charge in [0.2, 0.25) is 0 Å². The van der Waals surface area contributed by atoms with E-state index in [4.69, 9.17) is 5.73 Å². The van der Waals surface area contributed by atoms with Gasteiger partial charge < -0.3 is 10.8 Å². The van der Waals surface area contributed by atoms with Crippen LogP contribution >= 0.6 is 0 Å². The van der Waals surface area contributed by atoms with Gasteiger partial charge in [-0.05, 0) is 46.1 Å². The summed E-state index contributed by atoms with van der Waals surface area (Å²) < 4.78 is 2.02. The summed E-state index contributed by atoms with van der Waals surface area (Å²) in [5.74, 6) is 0. The first-order chi connectivity index (χ1) is 7.44. The summed E-state index contributed by atoms with van der Waals surface area (Å²) in [7, 11) is 0. The molecule has 4 nitrogen and oxygen atoms in total. The molecule has 1 unspecified atom stereocenters. The summed E-state index contributed by atoms with van der Waals surface area (Å²) >= 11 is 0. The molecule has 0 aliphatic heterocycles. The predicted octanol–water partition coefficient (Wildman–Crippen LogP) is 1.38. The number of unbranched alkanes of at least 4 members (excludes halogenated alkanes) is 1. The Balaban J connectivity index is 2.29. The predicted molar refractivity (Wildman–Crippen MR) is 65.2 cm³/mol. The van der Waals surface area contributed by atoms with Crippen molar-refractivity contribution in [1.29, 1.82) is 0 Å². The Morgan fingerprint density at radius 3 is 2.62 bits per heavy atom. The molecule has 0 aliphatic carbocycles. The Kier molecular flexibility index (Phi) is 4.50. The van der Waals surface area contributed by atoms with Gasteiger partial charge in [0.15, 0.2) is 0 Å². The molecule has 1 aromatic heterocycles. The number of hydrogen-bond acceptors (Lipinski definition) is 3. The maximum atomic E-state index is 9.73. The van der Waals surface area contributed by atoms with Crippen LogP contribution in [0.5, 0.6) is 0 Å². The Morgan fingerprint density at radius 1 is 1.44 bits per heavy atom. The monoisotopic (exact) mass is 225 g/mol. The third-order valence-electron chi connectivity index (χ3n) is 2.88. The molecule has 3 N–H and O–H groups in total.